The predicted molar refractivity (Wildman–Crippen MR) is 89.4 cm³/mol. The molecule has 1 saturated carbocycles. The SMILES string of the molecule is Cl.NC1CCCC2CN(S(=O)(=O)CCc3cccs3)CC12. The van der Waals surface area contributed by atoms with E-state index in [1.165, 1.54) is 0 Å². The second-order valence-corrected chi connectivity index (χ2v) is 9.10. The summed E-state index contributed by atoms with van der Waals surface area (Å²) in [4.78, 5) is 1.14. The summed E-state index contributed by atoms with van der Waals surface area (Å²) in [6, 6.07) is 4.15. The van der Waals surface area contributed by atoms with Crippen LogP contribution >= 0.6 is 23.7 Å². The molecule has 0 spiro atoms. The van der Waals surface area contributed by atoms with E-state index in [9.17, 15) is 8.42 Å². The highest BCUT2D eigenvalue weighted by Crippen LogP contribution is 2.36. The number of nitrogens with two attached hydrogens (primary N) is 1. The van der Waals surface area contributed by atoms with E-state index in [2.05, 4.69) is 0 Å². The Hall–Kier alpha value is -0.140. The molecule has 7 heteroatoms. The van der Waals surface area contributed by atoms with Gasteiger partial charge in [-0.1, -0.05) is 12.5 Å². The van der Waals surface area contributed by atoms with Gasteiger partial charge >= 0.3 is 0 Å². The molecule has 0 amide bonds. The Morgan fingerprint density at radius 1 is 1.33 bits per heavy atom. The highest BCUT2D eigenvalue weighted by molar-refractivity contribution is 7.89. The number of aryl methyl sites for hydroxylation is 1. The fourth-order valence-electron chi connectivity index (χ4n) is 3.52. The third kappa shape index (κ3) is 3.79. The molecule has 1 saturated heterocycles. The van der Waals surface area contributed by atoms with Crippen molar-refractivity contribution in [3.8, 4) is 0 Å². The minimum absolute atomic E-state index is 0. The summed E-state index contributed by atoms with van der Waals surface area (Å²) in [6.45, 7) is 1.32. The largest absolute Gasteiger partial charge is 0.327 e. The van der Waals surface area contributed by atoms with Crippen LogP contribution in [-0.4, -0.2) is 37.6 Å². The molecule has 2 fully saturated rings. The molecule has 3 atom stereocenters. The summed E-state index contributed by atoms with van der Waals surface area (Å²) in [5.74, 6) is 1.08. The summed E-state index contributed by atoms with van der Waals surface area (Å²) in [7, 11) is -3.13. The summed E-state index contributed by atoms with van der Waals surface area (Å²) in [5, 5.41) is 1.99. The molecule has 3 rings (SSSR count). The van der Waals surface area contributed by atoms with E-state index in [0.717, 1.165) is 24.1 Å². The molecular weight excluding hydrogens is 328 g/mol. The van der Waals surface area contributed by atoms with Gasteiger partial charge in [0, 0.05) is 24.0 Å². The first-order valence-electron chi connectivity index (χ1n) is 7.32. The molecule has 2 aliphatic rings. The summed E-state index contributed by atoms with van der Waals surface area (Å²) in [6.07, 6.45) is 3.95. The molecule has 0 radical (unpaired) electrons. The number of thiophene rings is 1. The minimum atomic E-state index is -3.13. The van der Waals surface area contributed by atoms with Crippen molar-refractivity contribution >= 4 is 33.8 Å². The van der Waals surface area contributed by atoms with E-state index in [1.54, 1.807) is 15.6 Å². The van der Waals surface area contributed by atoms with E-state index >= 15 is 0 Å². The molecule has 4 nitrogen and oxygen atoms in total. The molecule has 3 unspecified atom stereocenters. The lowest BCUT2D eigenvalue weighted by Crippen LogP contribution is -2.38. The van der Waals surface area contributed by atoms with Crippen molar-refractivity contribution in [2.24, 2.45) is 17.6 Å². The van der Waals surface area contributed by atoms with E-state index in [1.807, 2.05) is 17.5 Å². The van der Waals surface area contributed by atoms with Crippen LogP contribution in [0.2, 0.25) is 0 Å². The number of halogens is 1. The zero-order valence-corrected chi connectivity index (χ0v) is 14.4. The zero-order valence-electron chi connectivity index (χ0n) is 12.0. The maximum Gasteiger partial charge on any atom is 0.214 e. The molecule has 1 aliphatic carbocycles. The Morgan fingerprint density at radius 2 is 2.14 bits per heavy atom. The van der Waals surface area contributed by atoms with Gasteiger partial charge in [0.15, 0.2) is 0 Å². The van der Waals surface area contributed by atoms with Crippen LogP contribution in [-0.2, 0) is 16.4 Å². The van der Waals surface area contributed by atoms with Crippen molar-refractivity contribution in [1.29, 1.82) is 0 Å². The van der Waals surface area contributed by atoms with Gasteiger partial charge in [0.05, 0.1) is 5.75 Å². The highest BCUT2D eigenvalue weighted by atomic mass is 35.5. The van der Waals surface area contributed by atoms with Crippen LogP contribution in [0.4, 0.5) is 0 Å². The molecule has 2 N–H and O–H groups in total. The second-order valence-electron chi connectivity index (χ2n) is 5.98. The maximum atomic E-state index is 12.5. The first kappa shape index (κ1) is 17.2. The van der Waals surface area contributed by atoms with Crippen molar-refractivity contribution < 1.29 is 8.42 Å². The van der Waals surface area contributed by atoms with Crippen LogP contribution in [0, 0.1) is 11.8 Å². The number of fused-ring (bicyclic) bond motifs is 1. The van der Waals surface area contributed by atoms with E-state index < -0.39 is 10.0 Å². The number of rotatable bonds is 4. The molecule has 1 aromatic rings. The molecule has 1 aliphatic heterocycles. The lowest BCUT2D eigenvalue weighted by atomic mass is 9.78. The van der Waals surface area contributed by atoms with Gasteiger partial charge in [-0.3, -0.25) is 0 Å². The van der Waals surface area contributed by atoms with Gasteiger partial charge in [0.2, 0.25) is 10.0 Å². The number of nitrogens with zero attached hydrogens (tertiary/aromatic N) is 1. The van der Waals surface area contributed by atoms with Crippen LogP contribution in [0.3, 0.4) is 0 Å². The van der Waals surface area contributed by atoms with E-state index in [0.29, 0.717) is 31.3 Å². The van der Waals surface area contributed by atoms with Gasteiger partial charge in [-0.15, -0.1) is 23.7 Å². The van der Waals surface area contributed by atoms with Gasteiger partial charge < -0.3 is 5.73 Å². The van der Waals surface area contributed by atoms with Crippen LogP contribution < -0.4 is 5.73 Å². The Morgan fingerprint density at radius 3 is 2.81 bits per heavy atom. The average molecular weight is 351 g/mol. The monoisotopic (exact) mass is 350 g/mol. The highest BCUT2D eigenvalue weighted by Gasteiger charge is 2.42. The van der Waals surface area contributed by atoms with Crippen LogP contribution in [0.5, 0.6) is 0 Å². The van der Waals surface area contributed by atoms with Crippen molar-refractivity contribution in [2.75, 3.05) is 18.8 Å². The maximum absolute atomic E-state index is 12.5. The first-order chi connectivity index (χ1) is 9.56. The van der Waals surface area contributed by atoms with E-state index in [4.69, 9.17) is 5.73 Å². The molecular formula is C14H23ClN2O2S2. The van der Waals surface area contributed by atoms with Gasteiger partial charge in [0.25, 0.3) is 0 Å². The average Bonchev–Trinajstić information content (AvgIpc) is 3.06. The Bertz CT molecular complexity index is 547. The number of hydrogen-bond donors (Lipinski definition) is 1. The van der Waals surface area contributed by atoms with E-state index in [-0.39, 0.29) is 24.2 Å². The molecule has 0 bridgehead atoms. The van der Waals surface area contributed by atoms with Gasteiger partial charge in [0.1, 0.15) is 0 Å². The van der Waals surface area contributed by atoms with Gasteiger partial charge in [-0.2, -0.15) is 0 Å². The van der Waals surface area contributed by atoms with Crippen molar-refractivity contribution in [3.05, 3.63) is 22.4 Å². The standard InChI is InChI=1S/C14H22N2O2S2.ClH/c15-14-5-1-3-11-9-16(10-13(11)14)20(17,18)8-6-12-4-2-7-19-12;/h2,4,7,11,13-14H,1,3,5-6,8-10,15H2;1H. The van der Waals surface area contributed by atoms with Crippen LogP contribution in [0.25, 0.3) is 0 Å². The first-order valence-corrected chi connectivity index (χ1v) is 9.81. The fraction of sp³-hybridized carbons (Fsp3) is 0.714. The third-order valence-electron chi connectivity index (χ3n) is 4.70. The number of sulfonamides is 1. The van der Waals surface area contributed by atoms with Gasteiger partial charge in [-0.05, 0) is 42.5 Å². The second kappa shape index (κ2) is 6.96. The van der Waals surface area contributed by atoms with Crippen molar-refractivity contribution in [3.63, 3.8) is 0 Å². The molecule has 21 heavy (non-hydrogen) atoms. The Kier molecular flexibility index (Phi) is 5.71. The molecule has 1 aromatic heterocycles. The smallest absolute Gasteiger partial charge is 0.214 e. The van der Waals surface area contributed by atoms with Crippen LogP contribution in [0.15, 0.2) is 17.5 Å². The molecule has 120 valence electrons. The van der Waals surface area contributed by atoms with Crippen molar-refractivity contribution in [1.82, 2.24) is 4.31 Å². The summed E-state index contributed by atoms with van der Waals surface area (Å²) in [5.41, 5.74) is 6.16. The third-order valence-corrected chi connectivity index (χ3v) is 7.44. The summed E-state index contributed by atoms with van der Waals surface area (Å²) < 4.78 is 26.6. The fourth-order valence-corrected chi connectivity index (χ4v) is 5.91. The Labute approximate surface area is 137 Å². The lowest BCUT2D eigenvalue weighted by Gasteiger charge is -2.29. The predicted octanol–water partition coefficient (Wildman–Crippen LogP) is 2.10. The van der Waals surface area contributed by atoms with Crippen LogP contribution in [0.1, 0.15) is 24.1 Å². The normalized spacial score (nSPS) is 29.9. The Balaban J connectivity index is 0.00000161. The minimum Gasteiger partial charge on any atom is -0.327 e. The van der Waals surface area contributed by atoms with Gasteiger partial charge in [-0.25, -0.2) is 12.7 Å². The topological polar surface area (TPSA) is 63.4 Å². The quantitative estimate of drug-likeness (QED) is 0.904. The van der Waals surface area contributed by atoms with Crippen molar-refractivity contribution in [2.45, 2.75) is 31.7 Å². The zero-order chi connectivity index (χ0) is 14.2. The molecule has 2 heterocycles. The summed E-state index contributed by atoms with van der Waals surface area (Å²) >= 11 is 1.62. The lowest BCUT2D eigenvalue weighted by molar-refractivity contribution is 0.260. The molecule has 0 aromatic carbocycles. The number of hydrogen-bond acceptors (Lipinski definition) is 4.